The van der Waals surface area contributed by atoms with Crippen molar-refractivity contribution in [3.05, 3.63) is 54.0 Å². The Labute approximate surface area is 151 Å². The Morgan fingerprint density at radius 3 is 2.69 bits per heavy atom. The minimum Gasteiger partial charge on any atom is -0.461 e. The number of nitrogens with zero attached hydrogens (tertiary/aromatic N) is 3. The molecule has 5 heteroatoms. The number of hydrogen-bond acceptors (Lipinski definition) is 4. The fraction of sp³-hybridized carbons (Fsp3) is 0.286. The normalized spacial score (nSPS) is 14.8. The summed E-state index contributed by atoms with van der Waals surface area (Å²) in [7, 11) is 0. The van der Waals surface area contributed by atoms with E-state index in [0.29, 0.717) is 12.3 Å². The Balaban J connectivity index is 1.90. The van der Waals surface area contributed by atoms with Gasteiger partial charge in [0, 0.05) is 17.3 Å². The molecule has 1 aliphatic rings. The van der Waals surface area contributed by atoms with Gasteiger partial charge in [0.2, 0.25) is 0 Å². The molecule has 2 aromatic heterocycles. The lowest BCUT2D eigenvalue weighted by atomic mass is 10.0. The number of fused-ring (bicyclic) bond motifs is 1. The number of esters is 1. The maximum atomic E-state index is 12.5. The van der Waals surface area contributed by atoms with Crippen molar-refractivity contribution < 1.29 is 9.53 Å². The van der Waals surface area contributed by atoms with Crippen molar-refractivity contribution in [2.24, 2.45) is 0 Å². The summed E-state index contributed by atoms with van der Waals surface area (Å²) in [6.07, 6.45) is 3.30. The number of rotatable bonds is 4. The van der Waals surface area contributed by atoms with Crippen LogP contribution in [-0.4, -0.2) is 22.1 Å². The molecule has 0 amide bonds. The molecule has 2 heterocycles. The zero-order valence-electron chi connectivity index (χ0n) is 14.8. The van der Waals surface area contributed by atoms with Crippen molar-refractivity contribution in [3.63, 3.8) is 0 Å². The van der Waals surface area contributed by atoms with Gasteiger partial charge in [-0.2, -0.15) is 5.26 Å². The van der Waals surface area contributed by atoms with Gasteiger partial charge >= 0.3 is 5.97 Å². The molecule has 0 unspecified atom stereocenters. The first-order valence-corrected chi connectivity index (χ1v) is 8.75. The molecule has 0 atom stereocenters. The van der Waals surface area contributed by atoms with Crippen LogP contribution in [0.1, 0.15) is 35.9 Å². The van der Waals surface area contributed by atoms with Crippen LogP contribution in [0.15, 0.2) is 42.6 Å². The molecular weight excluding hydrogens is 326 g/mol. The highest BCUT2D eigenvalue weighted by molar-refractivity contribution is 5.97. The number of ether oxygens (including phenoxy) is 1. The number of benzene rings is 1. The van der Waals surface area contributed by atoms with Crippen molar-refractivity contribution in [1.29, 1.82) is 5.26 Å². The van der Waals surface area contributed by atoms with Crippen LogP contribution < -0.4 is 0 Å². The zero-order chi connectivity index (χ0) is 18.3. The summed E-state index contributed by atoms with van der Waals surface area (Å²) < 4.78 is 7.08. The topological polar surface area (TPSA) is 67.9 Å². The molecule has 0 saturated heterocycles. The van der Waals surface area contributed by atoms with E-state index < -0.39 is 5.54 Å². The van der Waals surface area contributed by atoms with Crippen molar-refractivity contribution in [1.82, 2.24) is 9.55 Å². The molecule has 1 aliphatic carbocycles. The van der Waals surface area contributed by atoms with Gasteiger partial charge in [0.15, 0.2) is 0 Å². The van der Waals surface area contributed by atoms with Crippen molar-refractivity contribution in [3.8, 4) is 17.2 Å². The predicted octanol–water partition coefficient (Wildman–Crippen LogP) is 4.20. The lowest BCUT2D eigenvalue weighted by Gasteiger charge is -2.14. The van der Waals surface area contributed by atoms with E-state index in [1.807, 2.05) is 41.8 Å². The second-order valence-corrected chi connectivity index (χ2v) is 6.69. The minimum atomic E-state index is -0.626. The smallest absolute Gasteiger partial charge is 0.355 e. The van der Waals surface area contributed by atoms with Crippen LogP contribution in [0.25, 0.3) is 22.0 Å². The lowest BCUT2D eigenvalue weighted by molar-refractivity contribution is 0.0512. The summed E-state index contributed by atoms with van der Waals surface area (Å²) in [5.41, 5.74) is 3.79. The number of carbonyl (C=O) groups is 1. The Hall–Kier alpha value is -3.13. The van der Waals surface area contributed by atoms with Crippen LogP contribution in [0.3, 0.4) is 0 Å². The summed E-state index contributed by atoms with van der Waals surface area (Å²) in [5, 5.41) is 10.6. The van der Waals surface area contributed by atoms with Gasteiger partial charge in [0.05, 0.1) is 18.2 Å². The fourth-order valence-electron chi connectivity index (χ4n) is 3.44. The fourth-order valence-corrected chi connectivity index (χ4v) is 3.44. The largest absolute Gasteiger partial charge is 0.461 e. The van der Waals surface area contributed by atoms with Gasteiger partial charge in [-0.3, -0.25) is 4.98 Å². The summed E-state index contributed by atoms with van der Waals surface area (Å²) in [4.78, 5) is 16.7. The Morgan fingerprint density at radius 1 is 1.27 bits per heavy atom. The average Bonchev–Trinajstić information content (AvgIpc) is 3.34. The maximum absolute atomic E-state index is 12.5. The predicted molar refractivity (Wildman–Crippen MR) is 98.7 cm³/mol. The Bertz CT molecular complexity index is 1050. The van der Waals surface area contributed by atoms with Crippen LogP contribution in [0.2, 0.25) is 0 Å². The first-order valence-electron chi connectivity index (χ1n) is 8.75. The van der Waals surface area contributed by atoms with Crippen LogP contribution in [-0.2, 0) is 10.3 Å². The van der Waals surface area contributed by atoms with E-state index in [4.69, 9.17) is 4.74 Å². The minimum absolute atomic E-state index is 0.307. The summed E-state index contributed by atoms with van der Waals surface area (Å²) in [5.74, 6) is -0.383. The van der Waals surface area contributed by atoms with Gasteiger partial charge in [-0.25, -0.2) is 4.79 Å². The third-order valence-electron chi connectivity index (χ3n) is 4.88. The molecule has 1 fully saturated rings. The monoisotopic (exact) mass is 345 g/mol. The molecule has 130 valence electrons. The molecule has 5 nitrogen and oxygen atoms in total. The van der Waals surface area contributed by atoms with Crippen molar-refractivity contribution >= 4 is 16.9 Å². The number of pyridine rings is 1. The molecular formula is C21H19N3O2. The average molecular weight is 345 g/mol. The SMILES string of the molecule is CCOC(=O)c1cc2cc(-c3ccnc(C)c3)ccc2n1C1(C#N)CC1. The van der Waals surface area contributed by atoms with E-state index in [9.17, 15) is 10.1 Å². The molecule has 26 heavy (non-hydrogen) atoms. The van der Waals surface area contributed by atoms with E-state index in [-0.39, 0.29) is 5.97 Å². The quantitative estimate of drug-likeness (QED) is 0.665. The van der Waals surface area contributed by atoms with Crippen LogP contribution in [0.4, 0.5) is 0 Å². The number of aromatic nitrogens is 2. The Morgan fingerprint density at radius 2 is 2.04 bits per heavy atom. The number of carbonyl (C=O) groups excluding carboxylic acids is 1. The second kappa shape index (κ2) is 5.99. The molecule has 0 radical (unpaired) electrons. The van der Waals surface area contributed by atoms with Gasteiger partial charge in [-0.1, -0.05) is 6.07 Å². The summed E-state index contributed by atoms with van der Waals surface area (Å²) >= 11 is 0. The van der Waals surface area contributed by atoms with Crippen LogP contribution >= 0.6 is 0 Å². The van der Waals surface area contributed by atoms with E-state index in [1.54, 1.807) is 13.1 Å². The highest BCUT2D eigenvalue weighted by Gasteiger charge is 2.48. The van der Waals surface area contributed by atoms with Gasteiger partial charge < -0.3 is 9.30 Å². The third kappa shape index (κ3) is 2.55. The zero-order valence-corrected chi connectivity index (χ0v) is 14.8. The number of nitriles is 1. The van der Waals surface area contributed by atoms with Crippen molar-refractivity contribution in [2.45, 2.75) is 32.2 Å². The number of hydrogen-bond donors (Lipinski definition) is 0. The molecule has 4 rings (SSSR count). The van der Waals surface area contributed by atoms with E-state index in [1.165, 1.54) is 0 Å². The Kier molecular flexibility index (Phi) is 3.77. The van der Waals surface area contributed by atoms with Gasteiger partial charge in [-0.05, 0) is 68.1 Å². The second-order valence-electron chi connectivity index (χ2n) is 6.69. The van der Waals surface area contributed by atoms with E-state index in [2.05, 4.69) is 17.1 Å². The van der Waals surface area contributed by atoms with E-state index >= 15 is 0 Å². The van der Waals surface area contributed by atoms with Crippen molar-refractivity contribution in [2.75, 3.05) is 6.61 Å². The molecule has 0 aliphatic heterocycles. The lowest BCUT2D eigenvalue weighted by Crippen LogP contribution is -2.21. The van der Waals surface area contributed by atoms with Gasteiger partial charge in [0.1, 0.15) is 11.2 Å². The van der Waals surface area contributed by atoms with Crippen LogP contribution in [0, 0.1) is 18.3 Å². The molecule has 3 aromatic rings. The summed E-state index contributed by atoms with van der Waals surface area (Å²) in [6, 6.07) is 14.3. The molecule has 1 saturated carbocycles. The van der Waals surface area contributed by atoms with Gasteiger partial charge in [-0.15, -0.1) is 0 Å². The molecule has 0 bridgehead atoms. The molecule has 0 spiro atoms. The van der Waals surface area contributed by atoms with Crippen LogP contribution in [0.5, 0.6) is 0 Å². The highest BCUT2D eigenvalue weighted by atomic mass is 16.5. The first-order chi connectivity index (χ1) is 12.6. The molecule has 1 aromatic carbocycles. The standard InChI is InChI=1S/C21H19N3O2/c1-3-26-20(25)19-12-17-11-15(16-6-9-23-14(2)10-16)4-5-18(17)24(19)21(13-22)7-8-21/h4-6,9-12H,3,7-8H2,1-2H3. The number of aryl methyl sites for hydroxylation is 1. The highest BCUT2D eigenvalue weighted by Crippen LogP contribution is 2.46. The summed E-state index contributed by atoms with van der Waals surface area (Å²) in [6.45, 7) is 4.05. The van der Waals surface area contributed by atoms with Gasteiger partial charge in [0.25, 0.3) is 0 Å². The first kappa shape index (κ1) is 16.3. The van der Waals surface area contributed by atoms with E-state index in [0.717, 1.165) is 40.6 Å². The maximum Gasteiger partial charge on any atom is 0.355 e. The molecule has 0 N–H and O–H groups in total. The third-order valence-corrected chi connectivity index (χ3v) is 4.88.